The fraction of sp³-hybridized carbons (Fsp3) is 0.500. The van der Waals surface area contributed by atoms with Crippen molar-refractivity contribution < 1.29 is 19.5 Å². The second kappa shape index (κ2) is 8.50. The van der Waals surface area contributed by atoms with Gasteiger partial charge < -0.3 is 20.6 Å². The number of carboxylic acid groups (broad SMARTS) is 1. The molecule has 1 aliphatic heterocycles. The number of nitrogens with one attached hydrogen (secondary N) is 2. The summed E-state index contributed by atoms with van der Waals surface area (Å²) in [7, 11) is 0. The highest BCUT2D eigenvalue weighted by atomic mass is 16.4. The lowest BCUT2D eigenvalue weighted by Crippen LogP contribution is -2.50. The van der Waals surface area contributed by atoms with Gasteiger partial charge >= 0.3 is 12.0 Å². The molecule has 0 fully saturated rings. The van der Waals surface area contributed by atoms with Crippen molar-refractivity contribution in [3.05, 3.63) is 35.4 Å². The Kier molecular flexibility index (Phi) is 6.38. The smallest absolute Gasteiger partial charge is 0.326 e. The number of hydrogen-bond donors (Lipinski definition) is 3. The number of rotatable bonds is 6. The summed E-state index contributed by atoms with van der Waals surface area (Å²) in [4.78, 5) is 37.1. The van der Waals surface area contributed by atoms with Crippen LogP contribution >= 0.6 is 0 Å². The minimum Gasteiger partial charge on any atom is -0.480 e. The summed E-state index contributed by atoms with van der Waals surface area (Å²) in [5, 5.41) is 14.2. The Morgan fingerprint density at radius 3 is 2.56 bits per heavy atom. The second-order valence-electron chi connectivity index (χ2n) is 6.37. The molecule has 3 amide bonds. The lowest BCUT2D eigenvalue weighted by Gasteiger charge is -2.29. The minimum absolute atomic E-state index is 0.184. The third kappa shape index (κ3) is 4.95. The van der Waals surface area contributed by atoms with Gasteiger partial charge in [0.2, 0.25) is 5.91 Å². The van der Waals surface area contributed by atoms with Gasteiger partial charge in [0.05, 0.1) is 6.54 Å². The zero-order valence-electron chi connectivity index (χ0n) is 14.6. The van der Waals surface area contributed by atoms with Crippen molar-refractivity contribution in [1.82, 2.24) is 15.5 Å². The number of benzene rings is 1. The number of amides is 3. The van der Waals surface area contributed by atoms with E-state index in [1.807, 2.05) is 25.1 Å². The molecule has 1 aromatic rings. The van der Waals surface area contributed by atoms with E-state index in [1.54, 1.807) is 11.8 Å². The SMILES string of the molecule is CC[C@H](C)[C@H](NC(=O)CNC(=O)N1CCc2ccccc2C1)C(=O)O. The molecular formula is C18H25N3O4. The molecule has 0 bridgehead atoms. The van der Waals surface area contributed by atoms with Gasteiger partial charge in [-0.05, 0) is 23.5 Å². The van der Waals surface area contributed by atoms with Gasteiger partial charge in [0, 0.05) is 13.1 Å². The Balaban J connectivity index is 1.83. The molecule has 0 spiro atoms. The number of carbonyl (C=O) groups is 3. The van der Waals surface area contributed by atoms with Crippen LogP contribution in [-0.2, 0) is 22.6 Å². The van der Waals surface area contributed by atoms with Crippen LogP contribution < -0.4 is 10.6 Å². The molecule has 0 aromatic heterocycles. The maximum Gasteiger partial charge on any atom is 0.326 e. The number of hydrogen-bond acceptors (Lipinski definition) is 3. The first-order valence-corrected chi connectivity index (χ1v) is 8.54. The summed E-state index contributed by atoms with van der Waals surface area (Å²) < 4.78 is 0. The highest BCUT2D eigenvalue weighted by molar-refractivity contribution is 5.87. The largest absolute Gasteiger partial charge is 0.480 e. The van der Waals surface area contributed by atoms with E-state index in [1.165, 1.54) is 5.56 Å². The zero-order valence-corrected chi connectivity index (χ0v) is 14.6. The second-order valence-corrected chi connectivity index (χ2v) is 6.37. The molecular weight excluding hydrogens is 322 g/mol. The van der Waals surface area contributed by atoms with E-state index in [0.29, 0.717) is 19.5 Å². The van der Waals surface area contributed by atoms with E-state index < -0.39 is 17.9 Å². The molecule has 2 rings (SSSR count). The highest BCUT2D eigenvalue weighted by Gasteiger charge is 2.26. The molecule has 0 unspecified atom stereocenters. The van der Waals surface area contributed by atoms with Gasteiger partial charge in [-0.15, -0.1) is 0 Å². The summed E-state index contributed by atoms with van der Waals surface area (Å²) in [5.74, 6) is -1.75. The third-order valence-corrected chi connectivity index (χ3v) is 4.61. The average molecular weight is 347 g/mol. The van der Waals surface area contributed by atoms with Crippen LogP contribution in [0.15, 0.2) is 24.3 Å². The number of urea groups is 1. The first-order valence-electron chi connectivity index (χ1n) is 8.54. The van der Waals surface area contributed by atoms with Gasteiger partial charge in [-0.2, -0.15) is 0 Å². The lowest BCUT2D eigenvalue weighted by molar-refractivity contribution is -0.143. The van der Waals surface area contributed by atoms with Gasteiger partial charge in [0.1, 0.15) is 6.04 Å². The van der Waals surface area contributed by atoms with Crippen molar-refractivity contribution >= 4 is 17.9 Å². The summed E-state index contributed by atoms with van der Waals surface area (Å²) >= 11 is 0. The van der Waals surface area contributed by atoms with Crippen molar-refractivity contribution in [2.75, 3.05) is 13.1 Å². The van der Waals surface area contributed by atoms with Crippen LogP contribution in [0.25, 0.3) is 0 Å². The predicted octanol–water partition coefficient (Wildman–Crippen LogP) is 1.37. The van der Waals surface area contributed by atoms with Crippen molar-refractivity contribution in [3.8, 4) is 0 Å². The molecule has 0 saturated heterocycles. The van der Waals surface area contributed by atoms with E-state index in [2.05, 4.69) is 16.7 Å². The lowest BCUT2D eigenvalue weighted by atomic mass is 9.99. The van der Waals surface area contributed by atoms with Crippen LogP contribution in [0.2, 0.25) is 0 Å². The van der Waals surface area contributed by atoms with Gasteiger partial charge in [-0.1, -0.05) is 44.5 Å². The summed E-state index contributed by atoms with van der Waals surface area (Å²) in [6.07, 6.45) is 1.42. The summed E-state index contributed by atoms with van der Waals surface area (Å²) in [6, 6.07) is 6.70. The van der Waals surface area contributed by atoms with Crippen molar-refractivity contribution in [2.24, 2.45) is 5.92 Å². The molecule has 25 heavy (non-hydrogen) atoms. The van der Waals surface area contributed by atoms with Crippen LogP contribution in [0.4, 0.5) is 4.79 Å². The van der Waals surface area contributed by atoms with Crippen molar-refractivity contribution in [3.63, 3.8) is 0 Å². The summed E-state index contributed by atoms with van der Waals surface area (Å²) in [6.45, 7) is 4.49. The van der Waals surface area contributed by atoms with Gasteiger partial charge in [0.15, 0.2) is 0 Å². The first-order chi connectivity index (χ1) is 11.9. The maximum atomic E-state index is 12.2. The Morgan fingerprint density at radius 1 is 1.24 bits per heavy atom. The minimum atomic E-state index is -1.07. The predicted molar refractivity (Wildman–Crippen MR) is 93.0 cm³/mol. The molecule has 3 N–H and O–H groups in total. The zero-order chi connectivity index (χ0) is 18.4. The molecule has 2 atom stereocenters. The Labute approximate surface area is 147 Å². The van der Waals surface area contributed by atoms with E-state index in [4.69, 9.17) is 0 Å². The number of fused-ring (bicyclic) bond motifs is 1. The maximum absolute atomic E-state index is 12.2. The molecule has 1 aromatic carbocycles. The van der Waals surface area contributed by atoms with Crippen LogP contribution in [0.5, 0.6) is 0 Å². The molecule has 7 nitrogen and oxygen atoms in total. The molecule has 0 saturated carbocycles. The average Bonchev–Trinajstić information content (AvgIpc) is 2.62. The fourth-order valence-corrected chi connectivity index (χ4v) is 2.84. The van der Waals surface area contributed by atoms with Crippen molar-refractivity contribution in [2.45, 2.75) is 39.3 Å². The Bertz CT molecular complexity index is 647. The van der Waals surface area contributed by atoms with E-state index in [-0.39, 0.29) is 18.5 Å². The van der Waals surface area contributed by atoms with Crippen molar-refractivity contribution in [1.29, 1.82) is 0 Å². The molecule has 1 aliphatic rings. The van der Waals surface area contributed by atoms with Crippen LogP contribution in [0, 0.1) is 5.92 Å². The Hall–Kier alpha value is -2.57. The quantitative estimate of drug-likeness (QED) is 0.724. The number of aliphatic carboxylic acids is 1. The van der Waals surface area contributed by atoms with Crippen LogP contribution in [0.1, 0.15) is 31.4 Å². The Morgan fingerprint density at radius 2 is 1.92 bits per heavy atom. The molecule has 136 valence electrons. The van der Waals surface area contributed by atoms with Gasteiger partial charge in [-0.3, -0.25) is 4.79 Å². The van der Waals surface area contributed by atoms with Gasteiger partial charge in [-0.25, -0.2) is 9.59 Å². The number of nitrogens with zero attached hydrogens (tertiary/aromatic N) is 1. The molecule has 7 heteroatoms. The number of carbonyl (C=O) groups excluding carboxylic acids is 2. The fourth-order valence-electron chi connectivity index (χ4n) is 2.84. The van der Waals surface area contributed by atoms with Crippen LogP contribution in [-0.4, -0.2) is 47.0 Å². The van der Waals surface area contributed by atoms with Gasteiger partial charge in [0.25, 0.3) is 0 Å². The monoisotopic (exact) mass is 347 g/mol. The number of carboxylic acids is 1. The molecule has 0 aliphatic carbocycles. The first kappa shape index (κ1) is 18.8. The molecule has 1 heterocycles. The van der Waals surface area contributed by atoms with Crippen LogP contribution in [0.3, 0.4) is 0 Å². The highest BCUT2D eigenvalue weighted by Crippen LogP contribution is 2.18. The molecule has 0 radical (unpaired) electrons. The third-order valence-electron chi connectivity index (χ3n) is 4.61. The summed E-state index contributed by atoms with van der Waals surface area (Å²) in [5.41, 5.74) is 2.35. The standard InChI is InChI=1S/C18H25N3O4/c1-3-12(2)16(17(23)24)20-15(22)10-19-18(25)21-9-8-13-6-4-5-7-14(13)11-21/h4-7,12,16H,3,8-11H2,1-2H3,(H,19,25)(H,20,22)(H,23,24)/t12-,16-/m0/s1. The van der Waals surface area contributed by atoms with E-state index >= 15 is 0 Å². The normalized spacial score (nSPS) is 15.7. The topological polar surface area (TPSA) is 98.7 Å². The van der Waals surface area contributed by atoms with E-state index in [0.717, 1.165) is 12.0 Å². The van der Waals surface area contributed by atoms with E-state index in [9.17, 15) is 19.5 Å².